The standard InChI is InChI=1S/C20H22F3N3O2/c1-11-3-5-13(16(21)7-11)15-8-17(18(24)27)26-19-14(15)6-4-12(28-19)9-25-10-20(2,22)23/h3,5,7-8,12,25H,4,6,9-10H2,1-2H3,(H2,24,27)/t12-/m0/s1. The molecular weight excluding hydrogens is 371 g/mol. The quantitative estimate of drug-likeness (QED) is 0.790. The van der Waals surface area contributed by atoms with Gasteiger partial charge in [0.25, 0.3) is 11.8 Å². The number of nitrogens with zero attached hydrogens (tertiary/aromatic N) is 1. The Kier molecular flexibility index (Phi) is 5.60. The van der Waals surface area contributed by atoms with Crippen LogP contribution < -0.4 is 15.8 Å². The third kappa shape index (κ3) is 4.62. The zero-order valence-electron chi connectivity index (χ0n) is 15.7. The number of hydrogen-bond donors (Lipinski definition) is 2. The van der Waals surface area contributed by atoms with Crippen LogP contribution in [0.2, 0.25) is 0 Å². The first-order valence-corrected chi connectivity index (χ1v) is 8.99. The van der Waals surface area contributed by atoms with Gasteiger partial charge in [-0.05, 0) is 43.0 Å². The summed E-state index contributed by atoms with van der Waals surface area (Å²) in [6, 6.07) is 6.29. The molecule has 2 aromatic rings. The molecule has 5 nitrogen and oxygen atoms in total. The average molecular weight is 393 g/mol. The predicted octanol–water partition coefficient (Wildman–Crippen LogP) is 3.23. The van der Waals surface area contributed by atoms with Crippen LogP contribution in [-0.2, 0) is 6.42 Å². The van der Waals surface area contributed by atoms with Gasteiger partial charge in [0.05, 0.1) is 6.54 Å². The Morgan fingerprint density at radius 2 is 2.11 bits per heavy atom. The van der Waals surface area contributed by atoms with Crippen molar-refractivity contribution in [1.82, 2.24) is 10.3 Å². The van der Waals surface area contributed by atoms with E-state index in [9.17, 15) is 18.0 Å². The number of ether oxygens (including phenoxy) is 1. The SMILES string of the molecule is Cc1ccc(-c2cc(C(N)=O)nc3c2CC[C@@H](CNCC(C)(F)F)O3)c(F)c1. The van der Waals surface area contributed by atoms with Crippen LogP contribution in [0.3, 0.4) is 0 Å². The van der Waals surface area contributed by atoms with Crippen LogP contribution in [0.25, 0.3) is 11.1 Å². The fraction of sp³-hybridized carbons (Fsp3) is 0.400. The normalized spacial score (nSPS) is 16.4. The van der Waals surface area contributed by atoms with Gasteiger partial charge in [-0.15, -0.1) is 0 Å². The highest BCUT2D eigenvalue weighted by molar-refractivity contribution is 5.93. The molecule has 0 saturated carbocycles. The number of fused-ring (bicyclic) bond motifs is 1. The molecule has 1 aliphatic heterocycles. The molecule has 1 aromatic carbocycles. The highest BCUT2D eigenvalue weighted by Crippen LogP contribution is 2.36. The second-order valence-corrected chi connectivity index (χ2v) is 7.17. The molecule has 1 atom stereocenters. The van der Waals surface area contributed by atoms with Crippen LogP contribution in [-0.4, -0.2) is 36.0 Å². The Morgan fingerprint density at radius 1 is 1.36 bits per heavy atom. The minimum atomic E-state index is -2.82. The van der Waals surface area contributed by atoms with E-state index in [1.165, 1.54) is 12.1 Å². The molecule has 0 aliphatic carbocycles. The first-order chi connectivity index (χ1) is 13.1. The lowest BCUT2D eigenvalue weighted by atomic mass is 9.93. The topological polar surface area (TPSA) is 77.2 Å². The number of nitrogens with one attached hydrogen (secondary N) is 1. The lowest BCUT2D eigenvalue weighted by molar-refractivity contribution is 0.0197. The number of alkyl halides is 2. The fourth-order valence-corrected chi connectivity index (χ4v) is 3.21. The molecule has 150 valence electrons. The second-order valence-electron chi connectivity index (χ2n) is 7.17. The minimum Gasteiger partial charge on any atom is -0.473 e. The molecule has 0 fully saturated rings. The number of nitrogens with two attached hydrogens (primary N) is 1. The molecule has 0 bridgehead atoms. The van der Waals surface area contributed by atoms with Gasteiger partial charge in [0.2, 0.25) is 5.88 Å². The van der Waals surface area contributed by atoms with Gasteiger partial charge in [-0.1, -0.05) is 12.1 Å². The molecule has 3 rings (SSSR count). The number of carbonyl (C=O) groups is 1. The highest BCUT2D eigenvalue weighted by Gasteiger charge is 2.27. The van der Waals surface area contributed by atoms with E-state index in [0.717, 1.165) is 12.5 Å². The minimum absolute atomic E-state index is 0.0394. The first-order valence-electron chi connectivity index (χ1n) is 8.99. The van der Waals surface area contributed by atoms with E-state index < -0.39 is 24.2 Å². The number of primary amides is 1. The van der Waals surface area contributed by atoms with Gasteiger partial charge >= 0.3 is 0 Å². The van der Waals surface area contributed by atoms with Gasteiger partial charge in [0, 0.05) is 24.6 Å². The summed E-state index contributed by atoms with van der Waals surface area (Å²) in [5.74, 6) is -3.81. The van der Waals surface area contributed by atoms with Crippen LogP contribution in [0.1, 0.15) is 35.0 Å². The molecule has 0 saturated heterocycles. The van der Waals surface area contributed by atoms with Crippen molar-refractivity contribution in [2.75, 3.05) is 13.1 Å². The van der Waals surface area contributed by atoms with Crippen molar-refractivity contribution >= 4 is 5.91 Å². The van der Waals surface area contributed by atoms with Crippen molar-refractivity contribution < 1.29 is 22.7 Å². The number of rotatable bonds is 6. The molecule has 0 radical (unpaired) electrons. The van der Waals surface area contributed by atoms with Gasteiger partial charge in [0.1, 0.15) is 17.6 Å². The lowest BCUT2D eigenvalue weighted by Crippen LogP contribution is -2.39. The van der Waals surface area contributed by atoms with E-state index in [1.807, 2.05) is 0 Å². The summed E-state index contributed by atoms with van der Waals surface area (Å²) in [6.45, 7) is 2.36. The Morgan fingerprint density at radius 3 is 2.75 bits per heavy atom. The molecule has 1 amide bonds. The maximum atomic E-state index is 14.5. The number of benzene rings is 1. The van der Waals surface area contributed by atoms with E-state index in [-0.39, 0.29) is 24.2 Å². The molecule has 3 N–H and O–H groups in total. The van der Waals surface area contributed by atoms with Crippen molar-refractivity contribution in [2.45, 2.75) is 38.7 Å². The van der Waals surface area contributed by atoms with E-state index in [1.54, 1.807) is 19.1 Å². The van der Waals surface area contributed by atoms with Crippen LogP contribution in [0.15, 0.2) is 24.3 Å². The van der Waals surface area contributed by atoms with E-state index in [4.69, 9.17) is 10.5 Å². The highest BCUT2D eigenvalue weighted by atomic mass is 19.3. The van der Waals surface area contributed by atoms with Gasteiger partial charge < -0.3 is 15.8 Å². The van der Waals surface area contributed by atoms with Crippen molar-refractivity contribution in [3.63, 3.8) is 0 Å². The van der Waals surface area contributed by atoms with Crippen molar-refractivity contribution in [2.24, 2.45) is 5.73 Å². The van der Waals surface area contributed by atoms with Gasteiger partial charge in [-0.3, -0.25) is 4.79 Å². The number of pyridine rings is 1. The third-order valence-corrected chi connectivity index (χ3v) is 4.56. The Hall–Kier alpha value is -2.61. The third-order valence-electron chi connectivity index (χ3n) is 4.56. The van der Waals surface area contributed by atoms with Gasteiger partial charge in [0.15, 0.2) is 0 Å². The molecule has 28 heavy (non-hydrogen) atoms. The summed E-state index contributed by atoms with van der Waals surface area (Å²) in [4.78, 5) is 15.8. The summed E-state index contributed by atoms with van der Waals surface area (Å²) in [7, 11) is 0. The molecule has 0 spiro atoms. The van der Waals surface area contributed by atoms with Crippen molar-refractivity contribution in [1.29, 1.82) is 0 Å². The average Bonchev–Trinajstić information content (AvgIpc) is 2.59. The number of hydrogen-bond acceptors (Lipinski definition) is 4. The largest absolute Gasteiger partial charge is 0.473 e. The summed E-state index contributed by atoms with van der Waals surface area (Å²) in [5, 5.41) is 2.67. The van der Waals surface area contributed by atoms with Crippen LogP contribution in [0.4, 0.5) is 13.2 Å². The smallest absolute Gasteiger partial charge is 0.267 e. The summed E-state index contributed by atoms with van der Waals surface area (Å²) < 4.78 is 46.3. The number of amides is 1. The van der Waals surface area contributed by atoms with Crippen LogP contribution in [0, 0.1) is 12.7 Å². The summed E-state index contributed by atoms with van der Waals surface area (Å²) in [5.41, 5.74) is 7.61. The Bertz CT molecular complexity index is 897. The maximum absolute atomic E-state index is 14.5. The molecule has 1 aliphatic rings. The van der Waals surface area contributed by atoms with E-state index in [0.29, 0.717) is 29.5 Å². The number of aryl methyl sites for hydroxylation is 1. The fourth-order valence-electron chi connectivity index (χ4n) is 3.21. The Labute approximate surface area is 161 Å². The maximum Gasteiger partial charge on any atom is 0.267 e. The zero-order valence-corrected chi connectivity index (χ0v) is 15.7. The van der Waals surface area contributed by atoms with Gasteiger partial charge in [-0.2, -0.15) is 0 Å². The van der Waals surface area contributed by atoms with Gasteiger partial charge in [-0.25, -0.2) is 18.2 Å². The molecule has 1 aromatic heterocycles. The molecule has 0 unspecified atom stereocenters. The zero-order chi connectivity index (χ0) is 20.5. The lowest BCUT2D eigenvalue weighted by Gasteiger charge is -2.28. The second kappa shape index (κ2) is 7.79. The van der Waals surface area contributed by atoms with E-state index >= 15 is 0 Å². The van der Waals surface area contributed by atoms with Crippen molar-refractivity contribution in [3.05, 3.63) is 46.9 Å². The first kappa shape index (κ1) is 20.1. The Balaban J connectivity index is 1.92. The molecular formula is C20H22F3N3O2. The summed E-state index contributed by atoms with van der Waals surface area (Å²) >= 11 is 0. The molecule has 8 heteroatoms. The number of halogens is 3. The monoisotopic (exact) mass is 393 g/mol. The van der Waals surface area contributed by atoms with Crippen molar-refractivity contribution in [3.8, 4) is 17.0 Å². The number of aromatic nitrogens is 1. The van der Waals surface area contributed by atoms with E-state index in [2.05, 4.69) is 10.3 Å². The summed E-state index contributed by atoms with van der Waals surface area (Å²) in [6.07, 6.45) is 0.674. The number of carbonyl (C=O) groups excluding carboxylic acids is 1. The molecule has 2 heterocycles. The predicted molar refractivity (Wildman–Crippen MR) is 99.1 cm³/mol. The van der Waals surface area contributed by atoms with Crippen LogP contribution >= 0.6 is 0 Å². The van der Waals surface area contributed by atoms with Crippen LogP contribution in [0.5, 0.6) is 5.88 Å².